The number of hydrogen-bond acceptors (Lipinski definition) is 8. The number of benzene rings is 1. The van der Waals surface area contributed by atoms with Gasteiger partial charge in [0.15, 0.2) is 0 Å². The highest BCUT2D eigenvalue weighted by molar-refractivity contribution is 5.48. The molecule has 2 aromatic heterocycles. The maximum absolute atomic E-state index is 13.6. The van der Waals surface area contributed by atoms with Crippen LogP contribution in [-0.2, 0) is 0 Å². The first-order valence-electron chi connectivity index (χ1n) is 11.3. The van der Waals surface area contributed by atoms with Crippen molar-refractivity contribution in [1.29, 1.82) is 0 Å². The van der Waals surface area contributed by atoms with Gasteiger partial charge in [-0.2, -0.15) is 10.1 Å². The largest absolute Gasteiger partial charge is 0.480 e. The molecule has 3 heterocycles. The van der Waals surface area contributed by atoms with Gasteiger partial charge in [0.25, 0.3) is 0 Å². The lowest BCUT2D eigenvalue weighted by Crippen LogP contribution is -2.48. The van der Waals surface area contributed by atoms with Gasteiger partial charge in [0.05, 0.1) is 25.0 Å². The van der Waals surface area contributed by atoms with Crippen molar-refractivity contribution in [3.05, 3.63) is 42.3 Å². The van der Waals surface area contributed by atoms with Crippen molar-refractivity contribution in [2.45, 2.75) is 38.8 Å². The number of rotatable bonds is 7. The molecule has 2 bridgehead atoms. The predicted octanol–water partition coefficient (Wildman–Crippen LogP) is 3.92. The number of nitrogens with zero attached hydrogens (tertiary/aromatic N) is 6. The Morgan fingerprint density at radius 3 is 2.64 bits per heavy atom. The van der Waals surface area contributed by atoms with Gasteiger partial charge in [0.1, 0.15) is 11.6 Å². The molecular weight excluding hydrogens is 425 g/mol. The second kappa shape index (κ2) is 8.84. The second-order valence-corrected chi connectivity index (χ2v) is 8.94. The number of halogens is 1. The molecule has 2 unspecified atom stereocenters. The van der Waals surface area contributed by atoms with E-state index < -0.39 is 0 Å². The minimum Gasteiger partial charge on any atom is -0.480 e. The number of ether oxygens (including phenoxy) is 2. The fraction of sp³-hybridized carbons (Fsp3) is 0.478. The lowest BCUT2D eigenvalue weighted by molar-refractivity contribution is 0.371. The maximum atomic E-state index is 13.6. The van der Waals surface area contributed by atoms with E-state index in [2.05, 4.69) is 30.5 Å². The first-order chi connectivity index (χ1) is 16.0. The van der Waals surface area contributed by atoms with E-state index >= 15 is 0 Å². The Labute approximate surface area is 191 Å². The fourth-order valence-corrected chi connectivity index (χ4v) is 4.84. The molecule has 0 radical (unpaired) electrons. The SMILES string of the molecule is COc1cc(N2CC3CCC(C2)C3Nc2nc(Oc3cccc(F)c3)n(C(C)C)n2)cnn1. The van der Waals surface area contributed by atoms with Crippen LogP contribution in [0.2, 0.25) is 0 Å². The van der Waals surface area contributed by atoms with E-state index in [0.29, 0.717) is 35.4 Å². The molecule has 1 aliphatic carbocycles. The van der Waals surface area contributed by atoms with E-state index in [4.69, 9.17) is 9.47 Å². The molecule has 1 N–H and O–H groups in total. The van der Waals surface area contributed by atoms with Crippen LogP contribution in [0.3, 0.4) is 0 Å². The average Bonchev–Trinajstić information content (AvgIpc) is 3.29. The van der Waals surface area contributed by atoms with Crippen molar-refractivity contribution in [2.24, 2.45) is 11.8 Å². The highest BCUT2D eigenvalue weighted by Gasteiger charge is 2.43. The zero-order chi connectivity index (χ0) is 22.9. The first kappa shape index (κ1) is 21.4. The highest BCUT2D eigenvalue weighted by atomic mass is 19.1. The normalized spacial score (nSPS) is 22.0. The molecule has 2 atom stereocenters. The lowest BCUT2D eigenvalue weighted by atomic mass is 9.92. The van der Waals surface area contributed by atoms with Crippen LogP contribution in [0.4, 0.5) is 16.0 Å². The fourth-order valence-electron chi connectivity index (χ4n) is 4.84. The Bertz CT molecular complexity index is 1110. The van der Waals surface area contributed by atoms with Crippen molar-refractivity contribution in [3.8, 4) is 17.6 Å². The third-order valence-corrected chi connectivity index (χ3v) is 6.42. The van der Waals surface area contributed by atoms with Crippen LogP contribution in [0.15, 0.2) is 36.5 Å². The number of piperidine rings is 1. The molecule has 2 fully saturated rings. The summed E-state index contributed by atoms with van der Waals surface area (Å²) in [5.41, 5.74) is 1.03. The lowest BCUT2D eigenvalue weighted by Gasteiger charge is -2.39. The van der Waals surface area contributed by atoms with E-state index in [1.165, 1.54) is 12.1 Å². The van der Waals surface area contributed by atoms with Gasteiger partial charge in [0, 0.05) is 31.3 Å². The summed E-state index contributed by atoms with van der Waals surface area (Å²) in [7, 11) is 1.60. The van der Waals surface area contributed by atoms with E-state index in [0.717, 1.165) is 31.6 Å². The van der Waals surface area contributed by atoms with Gasteiger partial charge in [0.2, 0.25) is 11.8 Å². The zero-order valence-electron chi connectivity index (χ0n) is 19.0. The number of anilines is 2. The molecule has 0 amide bonds. The summed E-state index contributed by atoms with van der Waals surface area (Å²) in [6.45, 7) is 5.85. The summed E-state index contributed by atoms with van der Waals surface area (Å²) in [6.07, 6.45) is 4.08. The van der Waals surface area contributed by atoms with Crippen LogP contribution >= 0.6 is 0 Å². The van der Waals surface area contributed by atoms with Crippen molar-refractivity contribution >= 4 is 11.6 Å². The van der Waals surface area contributed by atoms with Crippen molar-refractivity contribution in [1.82, 2.24) is 25.0 Å². The molecule has 1 saturated carbocycles. The van der Waals surface area contributed by atoms with Gasteiger partial charge in [-0.3, -0.25) is 0 Å². The van der Waals surface area contributed by atoms with E-state index in [9.17, 15) is 4.39 Å². The summed E-state index contributed by atoms with van der Waals surface area (Å²) >= 11 is 0. The maximum Gasteiger partial charge on any atom is 0.322 e. The summed E-state index contributed by atoms with van der Waals surface area (Å²) in [5.74, 6) is 2.02. The summed E-state index contributed by atoms with van der Waals surface area (Å²) in [6, 6.07) is 8.64. The van der Waals surface area contributed by atoms with Crippen LogP contribution < -0.4 is 19.7 Å². The zero-order valence-corrected chi connectivity index (χ0v) is 19.0. The van der Waals surface area contributed by atoms with Gasteiger partial charge in [-0.25, -0.2) is 9.07 Å². The Morgan fingerprint density at radius 2 is 1.94 bits per heavy atom. The molecule has 174 valence electrons. The molecule has 33 heavy (non-hydrogen) atoms. The Balaban J connectivity index is 1.31. The summed E-state index contributed by atoms with van der Waals surface area (Å²) in [4.78, 5) is 6.95. The summed E-state index contributed by atoms with van der Waals surface area (Å²) in [5, 5.41) is 16.3. The van der Waals surface area contributed by atoms with Gasteiger partial charge < -0.3 is 19.7 Å². The standard InChI is InChI=1S/C23H28FN7O2/c1-14(2)31-23(33-19-6-4-5-17(24)9-19)27-22(29-31)26-21-15-7-8-16(21)13-30(12-15)18-10-20(32-3)28-25-11-18/h4-6,9-11,14-16,21H,7-8,12-13H2,1-3H3,(H,26,29). The van der Waals surface area contributed by atoms with E-state index in [-0.39, 0.29) is 17.9 Å². The molecule has 3 aromatic rings. The number of methoxy groups -OCH3 is 1. The van der Waals surface area contributed by atoms with Crippen LogP contribution in [0.1, 0.15) is 32.7 Å². The van der Waals surface area contributed by atoms with Crippen molar-refractivity contribution < 1.29 is 13.9 Å². The number of nitrogens with one attached hydrogen (secondary N) is 1. The average molecular weight is 454 g/mol. The molecule has 10 heteroatoms. The molecule has 5 rings (SSSR count). The number of fused-ring (bicyclic) bond motifs is 2. The molecule has 2 aliphatic rings. The van der Waals surface area contributed by atoms with E-state index in [1.54, 1.807) is 30.1 Å². The smallest absolute Gasteiger partial charge is 0.322 e. The molecular formula is C23H28FN7O2. The van der Waals surface area contributed by atoms with Crippen LogP contribution in [0.5, 0.6) is 17.6 Å². The molecule has 9 nitrogen and oxygen atoms in total. The minimum atomic E-state index is -0.355. The monoisotopic (exact) mass is 453 g/mol. The first-order valence-corrected chi connectivity index (χ1v) is 11.3. The second-order valence-electron chi connectivity index (χ2n) is 8.94. The van der Waals surface area contributed by atoms with Crippen molar-refractivity contribution in [3.63, 3.8) is 0 Å². The minimum absolute atomic E-state index is 0.0457. The number of hydrogen-bond donors (Lipinski definition) is 1. The molecule has 1 aromatic carbocycles. The van der Waals surface area contributed by atoms with Gasteiger partial charge in [-0.05, 0) is 50.7 Å². The quantitative estimate of drug-likeness (QED) is 0.576. The van der Waals surface area contributed by atoms with Crippen molar-refractivity contribution in [2.75, 3.05) is 30.4 Å². The predicted molar refractivity (Wildman–Crippen MR) is 121 cm³/mol. The molecule has 1 saturated heterocycles. The number of aromatic nitrogens is 5. The van der Waals surface area contributed by atoms with Crippen LogP contribution in [0, 0.1) is 17.7 Å². The molecule has 0 spiro atoms. The summed E-state index contributed by atoms with van der Waals surface area (Å²) < 4.78 is 26.4. The Kier molecular flexibility index (Phi) is 5.74. The van der Waals surface area contributed by atoms with Crippen LogP contribution in [-0.4, -0.2) is 51.2 Å². The van der Waals surface area contributed by atoms with Crippen LogP contribution in [0.25, 0.3) is 0 Å². The highest BCUT2D eigenvalue weighted by Crippen LogP contribution is 2.40. The Hall–Kier alpha value is -3.43. The third kappa shape index (κ3) is 4.42. The van der Waals surface area contributed by atoms with Gasteiger partial charge >= 0.3 is 6.01 Å². The topological polar surface area (TPSA) is 90.2 Å². The van der Waals surface area contributed by atoms with Gasteiger partial charge in [-0.15, -0.1) is 10.2 Å². The third-order valence-electron chi connectivity index (χ3n) is 6.42. The Morgan fingerprint density at radius 1 is 1.15 bits per heavy atom. The molecule has 1 aliphatic heterocycles. The van der Waals surface area contributed by atoms with E-state index in [1.807, 2.05) is 19.9 Å². The van der Waals surface area contributed by atoms with Gasteiger partial charge in [-0.1, -0.05) is 6.07 Å².